The van der Waals surface area contributed by atoms with Crippen LogP contribution in [0.1, 0.15) is 17.0 Å². The Balaban J connectivity index is 1.96. The molecule has 1 atom stereocenters. The molecule has 0 N–H and O–H groups in total. The van der Waals surface area contributed by atoms with Gasteiger partial charge in [0.05, 0.1) is 5.71 Å². The molecule has 0 aliphatic carbocycles. The molecule has 0 aromatic heterocycles. The van der Waals surface area contributed by atoms with Crippen molar-refractivity contribution in [2.75, 3.05) is 5.75 Å². The van der Waals surface area contributed by atoms with Gasteiger partial charge in [-0.15, -0.1) is 0 Å². The molecule has 1 heterocycles. The molecule has 1 aliphatic rings. The van der Waals surface area contributed by atoms with Gasteiger partial charge in [-0.1, -0.05) is 60.7 Å². The van der Waals surface area contributed by atoms with Crippen molar-refractivity contribution in [3.8, 4) is 0 Å². The van der Waals surface area contributed by atoms with E-state index in [0.717, 1.165) is 5.75 Å². The van der Waals surface area contributed by atoms with Crippen molar-refractivity contribution in [1.29, 1.82) is 0 Å². The summed E-state index contributed by atoms with van der Waals surface area (Å²) in [5.41, 5.74) is 3.81. The van der Waals surface area contributed by atoms with Crippen LogP contribution in [0.2, 0.25) is 0 Å². The van der Waals surface area contributed by atoms with Gasteiger partial charge < -0.3 is 0 Å². The molecule has 2 aromatic carbocycles. The second-order valence-corrected chi connectivity index (χ2v) is 4.88. The van der Waals surface area contributed by atoms with E-state index >= 15 is 0 Å². The molecule has 0 saturated heterocycles. The molecule has 3 rings (SSSR count). The van der Waals surface area contributed by atoms with E-state index in [1.54, 1.807) is 11.9 Å². The molecule has 0 spiro atoms. The lowest BCUT2D eigenvalue weighted by Gasteiger charge is -2.12. The zero-order chi connectivity index (χ0) is 11.5. The van der Waals surface area contributed by atoms with E-state index in [1.165, 1.54) is 16.8 Å². The van der Waals surface area contributed by atoms with Gasteiger partial charge in [0.15, 0.2) is 0 Å². The summed E-state index contributed by atoms with van der Waals surface area (Å²) in [4.78, 5) is 0. The van der Waals surface area contributed by atoms with Crippen LogP contribution in [-0.2, 0) is 0 Å². The highest BCUT2D eigenvalue weighted by molar-refractivity contribution is 7.98. The summed E-state index contributed by atoms with van der Waals surface area (Å²) in [5, 5.41) is 0. The van der Waals surface area contributed by atoms with Crippen molar-refractivity contribution in [1.82, 2.24) is 0 Å². The summed E-state index contributed by atoms with van der Waals surface area (Å²) in [7, 11) is 0. The summed E-state index contributed by atoms with van der Waals surface area (Å²) < 4.78 is 4.60. The van der Waals surface area contributed by atoms with Gasteiger partial charge in [0.2, 0.25) is 0 Å². The smallest absolute Gasteiger partial charge is 0.0642 e. The molecule has 17 heavy (non-hydrogen) atoms. The summed E-state index contributed by atoms with van der Waals surface area (Å²) in [5.74, 6) is 1.48. The molecular weight excluding hydrogens is 226 g/mol. The molecule has 2 aromatic rings. The van der Waals surface area contributed by atoms with E-state index in [4.69, 9.17) is 0 Å². The van der Waals surface area contributed by atoms with Gasteiger partial charge in [-0.25, -0.2) is 4.40 Å². The van der Waals surface area contributed by atoms with Gasteiger partial charge in [0.1, 0.15) is 0 Å². The maximum atomic E-state index is 4.60. The third-order valence-corrected chi connectivity index (χ3v) is 3.81. The first-order valence-corrected chi connectivity index (χ1v) is 6.69. The molecule has 0 radical (unpaired) electrons. The molecule has 1 aliphatic heterocycles. The van der Waals surface area contributed by atoms with Crippen LogP contribution >= 0.6 is 11.9 Å². The Hall–Kier alpha value is -1.54. The standard InChI is InChI=1S/C15H13NS/c1-3-7-12(8-4-1)14-11-17-16-15(14)13-9-5-2-6-10-13/h1-10,14H,11H2. The minimum Gasteiger partial charge on any atom is -0.220 e. The summed E-state index contributed by atoms with van der Waals surface area (Å²) in [6.45, 7) is 0. The SMILES string of the molecule is c1ccc(C2=NSCC2c2ccccc2)cc1. The fraction of sp³-hybridized carbons (Fsp3) is 0.133. The van der Waals surface area contributed by atoms with E-state index in [0.29, 0.717) is 5.92 Å². The third-order valence-electron chi connectivity index (χ3n) is 3.01. The molecule has 2 heteroatoms. The average Bonchev–Trinajstić information content (AvgIpc) is 2.90. The van der Waals surface area contributed by atoms with Crippen LogP contribution < -0.4 is 0 Å². The van der Waals surface area contributed by atoms with E-state index in [1.807, 2.05) is 6.07 Å². The Kier molecular flexibility index (Phi) is 2.97. The topological polar surface area (TPSA) is 12.4 Å². The Morgan fingerprint density at radius 1 is 0.882 bits per heavy atom. The van der Waals surface area contributed by atoms with Crippen LogP contribution in [0.15, 0.2) is 65.1 Å². The normalized spacial score (nSPS) is 19.1. The van der Waals surface area contributed by atoms with Crippen LogP contribution in [0.3, 0.4) is 0 Å². The highest BCUT2D eigenvalue weighted by atomic mass is 32.2. The molecule has 1 unspecified atom stereocenters. The minimum atomic E-state index is 0.434. The van der Waals surface area contributed by atoms with Crippen molar-refractivity contribution in [2.24, 2.45) is 4.40 Å². The van der Waals surface area contributed by atoms with Crippen LogP contribution in [0, 0.1) is 0 Å². The lowest BCUT2D eigenvalue weighted by molar-refractivity contribution is 1.06. The van der Waals surface area contributed by atoms with Crippen molar-refractivity contribution in [3.63, 3.8) is 0 Å². The lowest BCUT2D eigenvalue weighted by Crippen LogP contribution is -2.11. The van der Waals surface area contributed by atoms with E-state index in [9.17, 15) is 0 Å². The summed E-state index contributed by atoms with van der Waals surface area (Å²) in [6.07, 6.45) is 0. The Morgan fingerprint density at radius 2 is 1.53 bits per heavy atom. The monoisotopic (exact) mass is 239 g/mol. The number of nitrogens with zero attached hydrogens (tertiary/aromatic N) is 1. The second-order valence-electron chi connectivity index (χ2n) is 4.10. The molecular formula is C15H13NS. The quantitative estimate of drug-likeness (QED) is 0.723. The third kappa shape index (κ3) is 2.13. The van der Waals surface area contributed by atoms with Crippen LogP contribution in [-0.4, -0.2) is 11.5 Å². The second kappa shape index (κ2) is 4.76. The Labute approximate surface area is 106 Å². The maximum Gasteiger partial charge on any atom is 0.0642 e. The molecule has 0 fully saturated rings. The van der Waals surface area contributed by atoms with Crippen LogP contribution in [0.25, 0.3) is 0 Å². The zero-order valence-electron chi connectivity index (χ0n) is 9.41. The van der Waals surface area contributed by atoms with Crippen molar-refractivity contribution in [3.05, 3.63) is 71.8 Å². The van der Waals surface area contributed by atoms with Gasteiger partial charge in [-0.2, -0.15) is 0 Å². The van der Waals surface area contributed by atoms with E-state index < -0.39 is 0 Å². The van der Waals surface area contributed by atoms with Gasteiger partial charge in [0.25, 0.3) is 0 Å². The van der Waals surface area contributed by atoms with Gasteiger partial charge in [0, 0.05) is 11.7 Å². The Morgan fingerprint density at radius 3 is 2.24 bits per heavy atom. The summed E-state index contributed by atoms with van der Waals surface area (Å²) in [6, 6.07) is 21.1. The van der Waals surface area contributed by atoms with Crippen LogP contribution in [0.5, 0.6) is 0 Å². The highest BCUT2D eigenvalue weighted by Gasteiger charge is 2.24. The van der Waals surface area contributed by atoms with Crippen molar-refractivity contribution >= 4 is 17.7 Å². The predicted molar refractivity (Wildman–Crippen MR) is 74.6 cm³/mol. The summed E-state index contributed by atoms with van der Waals surface area (Å²) >= 11 is 1.67. The molecule has 0 saturated carbocycles. The number of hydrogen-bond donors (Lipinski definition) is 0. The number of hydrogen-bond acceptors (Lipinski definition) is 2. The molecule has 0 bridgehead atoms. The van der Waals surface area contributed by atoms with Gasteiger partial charge in [-0.3, -0.25) is 0 Å². The maximum absolute atomic E-state index is 4.60. The zero-order valence-corrected chi connectivity index (χ0v) is 10.2. The van der Waals surface area contributed by atoms with Gasteiger partial charge >= 0.3 is 0 Å². The van der Waals surface area contributed by atoms with Crippen molar-refractivity contribution < 1.29 is 0 Å². The van der Waals surface area contributed by atoms with E-state index in [-0.39, 0.29) is 0 Å². The van der Waals surface area contributed by atoms with Crippen molar-refractivity contribution in [2.45, 2.75) is 5.92 Å². The van der Waals surface area contributed by atoms with E-state index in [2.05, 4.69) is 59.0 Å². The fourth-order valence-corrected chi connectivity index (χ4v) is 3.07. The first-order chi connectivity index (χ1) is 8.45. The van der Waals surface area contributed by atoms with Gasteiger partial charge in [-0.05, 0) is 23.1 Å². The fourth-order valence-electron chi connectivity index (χ4n) is 2.13. The predicted octanol–water partition coefficient (Wildman–Crippen LogP) is 3.92. The lowest BCUT2D eigenvalue weighted by atomic mass is 9.92. The minimum absolute atomic E-state index is 0.434. The largest absolute Gasteiger partial charge is 0.220 e. The number of rotatable bonds is 2. The number of benzene rings is 2. The Bertz CT molecular complexity index is 519. The highest BCUT2D eigenvalue weighted by Crippen LogP contribution is 2.33. The molecule has 84 valence electrons. The van der Waals surface area contributed by atoms with Crippen LogP contribution in [0.4, 0.5) is 0 Å². The average molecular weight is 239 g/mol. The molecule has 1 nitrogen and oxygen atoms in total. The first-order valence-electron chi connectivity index (χ1n) is 5.75. The first kappa shape index (κ1) is 10.6. The molecule has 0 amide bonds.